The number of carbonyl (C=O) groups excluding carboxylic acids is 1. The van der Waals surface area contributed by atoms with Crippen LogP contribution in [0.4, 0.5) is 0 Å². The molecule has 0 aromatic heterocycles. The Labute approximate surface area is 213 Å². The number of benzene rings is 2. The molecule has 2 aromatic carbocycles. The number of carbonyl (C=O) groups is 1. The second-order valence-corrected chi connectivity index (χ2v) is 10.0. The van der Waals surface area contributed by atoms with Crippen molar-refractivity contribution in [1.82, 2.24) is 0 Å². The molecule has 0 radical (unpaired) electrons. The van der Waals surface area contributed by atoms with E-state index in [1.807, 2.05) is 55.5 Å². The molecule has 1 N–H and O–H groups in total. The maximum atomic E-state index is 12.1. The van der Waals surface area contributed by atoms with Crippen molar-refractivity contribution in [2.24, 2.45) is 11.8 Å². The van der Waals surface area contributed by atoms with E-state index in [-0.39, 0.29) is 5.78 Å². The second kappa shape index (κ2) is 15.2. The first kappa shape index (κ1) is 30.2. The van der Waals surface area contributed by atoms with Gasteiger partial charge in [0.05, 0.1) is 0 Å². The molecule has 1 atom stereocenters. The number of ketones is 1. The Morgan fingerprint density at radius 1 is 1.03 bits per heavy atom. The van der Waals surface area contributed by atoms with Crippen LogP contribution in [-0.4, -0.2) is 16.5 Å². The molecule has 0 bridgehead atoms. The fourth-order valence-electron chi connectivity index (χ4n) is 3.57. The zero-order valence-electron chi connectivity index (χ0n) is 22.9. The molecule has 0 saturated carbocycles. The number of hydrogen-bond donors (Lipinski definition) is 1. The van der Waals surface area contributed by atoms with Gasteiger partial charge in [0.1, 0.15) is 18.0 Å². The quantitative estimate of drug-likeness (QED) is 0.356. The zero-order chi connectivity index (χ0) is 26.4. The number of Topliss-reactive ketones (excluding diaryl/α,β-unsaturated/α-hetero) is 1. The minimum absolute atomic E-state index is 0.348. The van der Waals surface area contributed by atoms with Crippen LogP contribution in [-0.2, 0) is 11.4 Å². The van der Waals surface area contributed by atoms with E-state index in [9.17, 15) is 9.90 Å². The fraction of sp³-hybridized carbons (Fsp3) is 0.469. The zero-order valence-corrected chi connectivity index (χ0v) is 22.9. The lowest BCUT2D eigenvalue weighted by atomic mass is 9.84. The van der Waals surface area contributed by atoms with E-state index in [1.54, 1.807) is 13.0 Å². The fourth-order valence-corrected chi connectivity index (χ4v) is 3.57. The molecule has 0 aliphatic heterocycles. The van der Waals surface area contributed by atoms with E-state index in [0.717, 1.165) is 23.0 Å². The van der Waals surface area contributed by atoms with Gasteiger partial charge in [-0.05, 0) is 62.8 Å². The maximum Gasteiger partial charge on any atom is 0.165 e. The van der Waals surface area contributed by atoms with Crippen molar-refractivity contribution in [2.75, 3.05) is 0 Å². The monoisotopic (exact) mass is 476 g/mol. The van der Waals surface area contributed by atoms with Crippen molar-refractivity contribution in [2.45, 2.75) is 86.9 Å². The average Bonchev–Trinajstić information content (AvgIpc) is 2.79. The summed E-state index contributed by atoms with van der Waals surface area (Å²) in [6.07, 6.45) is 5.81. The molecule has 0 heterocycles. The number of rotatable bonds is 10. The smallest absolute Gasteiger partial charge is 0.165 e. The average molecular weight is 477 g/mol. The van der Waals surface area contributed by atoms with Crippen molar-refractivity contribution in [3.05, 3.63) is 71.3 Å². The Kier molecular flexibility index (Phi) is 13.1. The Hall–Kier alpha value is -2.83. The lowest BCUT2D eigenvalue weighted by Gasteiger charge is -2.26. The molecule has 2 rings (SSSR count). The van der Waals surface area contributed by atoms with Crippen LogP contribution in [0.25, 0.3) is 5.57 Å². The highest BCUT2D eigenvalue weighted by Gasteiger charge is 2.34. The first-order valence-electron chi connectivity index (χ1n) is 12.6. The summed E-state index contributed by atoms with van der Waals surface area (Å²) in [4.78, 5) is 12.1. The SMILES string of the molecule is CC#C/C=C(\c1c(C)cccc1OCc1ccccc1)C(C)(O)C(C)=O.CC(C)CCCC(C)C. The molecule has 190 valence electrons. The number of aliphatic hydroxyl groups is 1. The van der Waals surface area contributed by atoms with Gasteiger partial charge in [0.2, 0.25) is 0 Å². The van der Waals surface area contributed by atoms with Gasteiger partial charge < -0.3 is 9.84 Å². The third-order valence-electron chi connectivity index (χ3n) is 5.87. The van der Waals surface area contributed by atoms with Crippen LogP contribution < -0.4 is 4.74 Å². The van der Waals surface area contributed by atoms with Gasteiger partial charge in [-0.1, -0.05) is 95.3 Å². The molecule has 2 aromatic rings. The standard InChI is InChI=1S/C23H24O3.C9H20/c1-5-6-14-20(23(4,25)18(3)24)22-17(2)11-10-15-21(22)26-16-19-12-8-7-9-13-19;1-8(2)6-5-7-9(3)4/h7-15,25H,16H2,1-4H3;8-9H,5-7H2,1-4H3/b20-14+;. The van der Waals surface area contributed by atoms with E-state index >= 15 is 0 Å². The minimum atomic E-state index is -1.65. The van der Waals surface area contributed by atoms with Crippen molar-refractivity contribution in [3.8, 4) is 17.6 Å². The van der Waals surface area contributed by atoms with Crippen LogP contribution in [0.15, 0.2) is 54.6 Å². The van der Waals surface area contributed by atoms with E-state index in [2.05, 4.69) is 39.5 Å². The molecule has 0 saturated heterocycles. The van der Waals surface area contributed by atoms with Crippen molar-refractivity contribution < 1.29 is 14.6 Å². The highest BCUT2D eigenvalue weighted by molar-refractivity contribution is 6.00. The summed E-state index contributed by atoms with van der Waals surface area (Å²) in [5, 5.41) is 10.8. The molecule has 0 aliphatic carbocycles. The van der Waals surface area contributed by atoms with Crippen LogP contribution in [0.2, 0.25) is 0 Å². The third kappa shape index (κ3) is 10.5. The van der Waals surface area contributed by atoms with Crippen LogP contribution >= 0.6 is 0 Å². The summed E-state index contributed by atoms with van der Waals surface area (Å²) < 4.78 is 6.03. The highest BCUT2D eigenvalue weighted by Crippen LogP contribution is 2.37. The van der Waals surface area contributed by atoms with Gasteiger partial charge in [0, 0.05) is 11.1 Å². The van der Waals surface area contributed by atoms with Crippen molar-refractivity contribution in [3.63, 3.8) is 0 Å². The molecular formula is C32H44O3. The Morgan fingerprint density at radius 3 is 2.14 bits per heavy atom. The number of aryl methyl sites for hydroxylation is 1. The topological polar surface area (TPSA) is 46.5 Å². The van der Waals surface area contributed by atoms with Gasteiger partial charge >= 0.3 is 0 Å². The summed E-state index contributed by atoms with van der Waals surface area (Å²) in [7, 11) is 0. The van der Waals surface area contributed by atoms with Gasteiger partial charge in [0.15, 0.2) is 5.78 Å². The largest absolute Gasteiger partial charge is 0.488 e. The Balaban J connectivity index is 0.000000579. The first-order chi connectivity index (χ1) is 16.5. The molecule has 0 amide bonds. The predicted molar refractivity (Wildman–Crippen MR) is 148 cm³/mol. The Morgan fingerprint density at radius 2 is 1.63 bits per heavy atom. The van der Waals surface area contributed by atoms with Crippen molar-refractivity contribution >= 4 is 11.4 Å². The number of hydrogen-bond acceptors (Lipinski definition) is 3. The highest BCUT2D eigenvalue weighted by atomic mass is 16.5. The summed E-state index contributed by atoms with van der Waals surface area (Å²) in [6.45, 7) is 16.1. The van der Waals surface area contributed by atoms with E-state index in [4.69, 9.17) is 4.74 Å². The maximum absolute atomic E-state index is 12.1. The first-order valence-corrected chi connectivity index (χ1v) is 12.6. The summed E-state index contributed by atoms with van der Waals surface area (Å²) >= 11 is 0. The molecule has 35 heavy (non-hydrogen) atoms. The van der Waals surface area contributed by atoms with Crippen LogP contribution in [0.3, 0.4) is 0 Å². The normalized spacial score (nSPS) is 12.8. The van der Waals surface area contributed by atoms with E-state index in [1.165, 1.54) is 33.1 Å². The molecule has 0 spiro atoms. The summed E-state index contributed by atoms with van der Waals surface area (Å²) in [6, 6.07) is 15.5. The molecular weight excluding hydrogens is 432 g/mol. The van der Waals surface area contributed by atoms with Crippen LogP contribution in [0.5, 0.6) is 5.75 Å². The van der Waals surface area contributed by atoms with Crippen LogP contribution in [0.1, 0.15) is 84.4 Å². The summed E-state index contributed by atoms with van der Waals surface area (Å²) in [5.74, 6) is 7.69. The van der Waals surface area contributed by atoms with Crippen molar-refractivity contribution in [1.29, 1.82) is 0 Å². The lowest BCUT2D eigenvalue weighted by molar-refractivity contribution is -0.128. The van der Waals surface area contributed by atoms with Gasteiger partial charge in [-0.3, -0.25) is 4.79 Å². The molecule has 3 heteroatoms. The van der Waals surface area contributed by atoms with E-state index < -0.39 is 5.60 Å². The number of allylic oxidation sites excluding steroid dienone is 1. The van der Waals surface area contributed by atoms with Gasteiger partial charge in [-0.25, -0.2) is 0 Å². The van der Waals surface area contributed by atoms with Crippen LogP contribution in [0, 0.1) is 30.6 Å². The molecule has 0 fully saturated rings. The predicted octanol–water partition coefficient (Wildman–Crippen LogP) is 7.79. The van der Waals surface area contributed by atoms with Gasteiger partial charge in [-0.2, -0.15) is 0 Å². The molecule has 1 unspecified atom stereocenters. The van der Waals surface area contributed by atoms with E-state index in [0.29, 0.717) is 23.5 Å². The molecule has 0 aliphatic rings. The second-order valence-electron chi connectivity index (χ2n) is 10.0. The van der Waals surface area contributed by atoms with Gasteiger partial charge in [-0.15, -0.1) is 5.92 Å². The number of ether oxygens (including phenoxy) is 1. The minimum Gasteiger partial charge on any atom is -0.488 e. The molecule has 3 nitrogen and oxygen atoms in total. The van der Waals surface area contributed by atoms with Gasteiger partial charge in [0.25, 0.3) is 0 Å². The summed E-state index contributed by atoms with van der Waals surface area (Å²) in [5.41, 5.74) is 1.44. The lowest BCUT2D eigenvalue weighted by Crippen LogP contribution is -2.35. The third-order valence-corrected chi connectivity index (χ3v) is 5.87. The Bertz CT molecular complexity index is 994.